The lowest BCUT2D eigenvalue weighted by atomic mass is 9.84. The van der Waals surface area contributed by atoms with Crippen molar-refractivity contribution >= 4 is 46.7 Å². The third-order valence-electron chi connectivity index (χ3n) is 6.64. The van der Waals surface area contributed by atoms with Crippen molar-refractivity contribution in [1.82, 2.24) is 4.57 Å². The lowest BCUT2D eigenvalue weighted by Gasteiger charge is -2.31. The van der Waals surface area contributed by atoms with E-state index in [1.807, 2.05) is 41.0 Å². The molecule has 0 fully saturated rings. The zero-order valence-electron chi connectivity index (χ0n) is 19.3. The minimum Gasteiger partial charge on any atom is -0.272 e. The zero-order chi connectivity index (χ0) is 24.6. The fourth-order valence-electron chi connectivity index (χ4n) is 5.00. The van der Waals surface area contributed by atoms with Gasteiger partial charge in [0, 0.05) is 10.0 Å². The van der Waals surface area contributed by atoms with Crippen molar-refractivity contribution in [3.63, 3.8) is 0 Å². The Bertz CT molecular complexity index is 1700. The van der Waals surface area contributed by atoms with Crippen molar-refractivity contribution in [3.8, 4) is 0 Å². The SMILES string of the molecule is O=c1/c(=C\c2ccc(Cl)cc2Cl)sc2n1C(c1ccccc1)C1=C(N=2)/C(=C/c2ccccc2)CCC1. The second-order valence-electron chi connectivity index (χ2n) is 8.97. The molecule has 36 heavy (non-hydrogen) atoms. The summed E-state index contributed by atoms with van der Waals surface area (Å²) < 4.78 is 2.47. The van der Waals surface area contributed by atoms with Crippen LogP contribution in [0.2, 0.25) is 10.0 Å². The van der Waals surface area contributed by atoms with Crippen LogP contribution in [0.5, 0.6) is 0 Å². The van der Waals surface area contributed by atoms with E-state index in [1.54, 1.807) is 12.1 Å². The molecule has 1 aromatic heterocycles. The highest BCUT2D eigenvalue weighted by atomic mass is 35.5. The molecule has 1 aliphatic carbocycles. The van der Waals surface area contributed by atoms with Crippen molar-refractivity contribution in [1.29, 1.82) is 0 Å². The third-order valence-corrected chi connectivity index (χ3v) is 8.18. The molecule has 6 rings (SSSR count). The molecule has 2 heterocycles. The maximum Gasteiger partial charge on any atom is 0.271 e. The fourth-order valence-corrected chi connectivity index (χ4v) is 6.46. The van der Waals surface area contributed by atoms with Crippen LogP contribution < -0.4 is 14.9 Å². The Labute approximate surface area is 223 Å². The molecule has 2 aliphatic rings. The fraction of sp³-hybridized carbons (Fsp3) is 0.133. The number of hydrogen-bond acceptors (Lipinski definition) is 3. The molecule has 3 nitrogen and oxygen atoms in total. The van der Waals surface area contributed by atoms with E-state index >= 15 is 0 Å². The van der Waals surface area contributed by atoms with Gasteiger partial charge in [-0.1, -0.05) is 101 Å². The summed E-state index contributed by atoms with van der Waals surface area (Å²) in [7, 11) is 0. The highest BCUT2D eigenvalue weighted by Gasteiger charge is 2.32. The van der Waals surface area contributed by atoms with Crippen molar-refractivity contribution in [2.45, 2.75) is 25.3 Å². The number of rotatable bonds is 3. The number of allylic oxidation sites excluding steroid dienone is 2. The van der Waals surface area contributed by atoms with Gasteiger partial charge in [-0.15, -0.1) is 0 Å². The second-order valence-corrected chi connectivity index (χ2v) is 10.8. The van der Waals surface area contributed by atoms with Crippen LogP contribution in [0.15, 0.2) is 105 Å². The van der Waals surface area contributed by atoms with Gasteiger partial charge in [0.1, 0.15) is 0 Å². The molecule has 0 saturated carbocycles. The topological polar surface area (TPSA) is 34.4 Å². The minimum absolute atomic E-state index is 0.0515. The van der Waals surface area contributed by atoms with Gasteiger partial charge in [-0.05, 0) is 71.4 Å². The predicted molar refractivity (Wildman–Crippen MR) is 149 cm³/mol. The summed E-state index contributed by atoms with van der Waals surface area (Å²) in [6.07, 6.45) is 6.99. The predicted octanol–water partition coefficient (Wildman–Crippen LogP) is 6.79. The Morgan fingerprint density at radius 1 is 0.917 bits per heavy atom. The van der Waals surface area contributed by atoms with Gasteiger partial charge < -0.3 is 0 Å². The quantitative estimate of drug-likeness (QED) is 0.288. The molecule has 0 amide bonds. The Kier molecular flexibility index (Phi) is 6.26. The van der Waals surface area contributed by atoms with E-state index in [4.69, 9.17) is 28.2 Å². The maximum absolute atomic E-state index is 13.8. The van der Waals surface area contributed by atoms with Crippen LogP contribution in [0.4, 0.5) is 0 Å². The first-order chi connectivity index (χ1) is 17.6. The number of halogens is 2. The van der Waals surface area contributed by atoms with Crippen LogP contribution in [0.25, 0.3) is 12.2 Å². The van der Waals surface area contributed by atoms with Crippen LogP contribution in [0.1, 0.15) is 42.0 Å². The van der Waals surface area contributed by atoms with E-state index in [0.717, 1.165) is 41.6 Å². The van der Waals surface area contributed by atoms with Crippen molar-refractivity contribution in [3.05, 3.63) is 142 Å². The van der Waals surface area contributed by atoms with Crippen molar-refractivity contribution in [2.75, 3.05) is 0 Å². The molecule has 0 bridgehead atoms. The van der Waals surface area contributed by atoms with Gasteiger partial charge in [0.15, 0.2) is 4.80 Å². The first-order valence-electron chi connectivity index (χ1n) is 11.9. The number of benzene rings is 3. The normalized spacial score (nSPS) is 18.7. The third kappa shape index (κ3) is 4.30. The van der Waals surface area contributed by atoms with Crippen LogP contribution in [-0.4, -0.2) is 4.57 Å². The van der Waals surface area contributed by atoms with Crippen LogP contribution in [0.3, 0.4) is 0 Å². The summed E-state index contributed by atoms with van der Waals surface area (Å²) in [6.45, 7) is 0. The highest BCUT2D eigenvalue weighted by Crippen LogP contribution is 2.41. The van der Waals surface area contributed by atoms with Gasteiger partial charge in [0.05, 0.1) is 16.3 Å². The van der Waals surface area contributed by atoms with E-state index in [2.05, 4.69) is 42.5 Å². The molecule has 0 saturated heterocycles. The van der Waals surface area contributed by atoms with Gasteiger partial charge in [-0.3, -0.25) is 9.36 Å². The number of nitrogens with zero attached hydrogens (tertiary/aromatic N) is 2. The maximum atomic E-state index is 13.8. The lowest BCUT2D eigenvalue weighted by Crippen LogP contribution is -2.39. The Morgan fingerprint density at radius 3 is 2.42 bits per heavy atom. The number of hydrogen-bond donors (Lipinski definition) is 0. The van der Waals surface area contributed by atoms with E-state index in [-0.39, 0.29) is 11.6 Å². The molecular formula is C30H22Cl2N2OS. The van der Waals surface area contributed by atoms with Crippen LogP contribution >= 0.6 is 34.5 Å². The first kappa shape index (κ1) is 23.2. The van der Waals surface area contributed by atoms with Gasteiger partial charge in [0.2, 0.25) is 0 Å². The minimum atomic E-state index is -0.181. The molecule has 0 radical (unpaired) electrons. The lowest BCUT2D eigenvalue weighted by molar-refractivity contribution is 0.553. The van der Waals surface area contributed by atoms with Gasteiger partial charge in [0.25, 0.3) is 5.56 Å². The molecule has 1 atom stereocenters. The van der Waals surface area contributed by atoms with E-state index in [1.165, 1.54) is 22.5 Å². The second kappa shape index (κ2) is 9.70. The Hall–Kier alpha value is -3.18. The number of aromatic nitrogens is 1. The highest BCUT2D eigenvalue weighted by molar-refractivity contribution is 7.07. The monoisotopic (exact) mass is 528 g/mol. The molecule has 178 valence electrons. The summed E-state index contributed by atoms with van der Waals surface area (Å²) in [5.74, 6) is 0. The van der Waals surface area contributed by atoms with E-state index < -0.39 is 0 Å². The Morgan fingerprint density at radius 2 is 1.67 bits per heavy atom. The van der Waals surface area contributed by atoms with Gasteiger partial charge in [-0.25, -0.2) is 4.99 Å². The average molecular weight is 529 g/mol. The van der Waals surface area contributed by atoms with Crippen molar-refractivity contribution < 1.29 is 0 Å². The average Bonchev–Trinajstić information content (AvgIpc) is 3.20. The molecule has 0 N–H and O–H groups in total. The molecule has 0 spiro atoms. The van der Waals surface area contributed by atoms with Crippen molar-refractivity contribution in [2.24, 2.45) is 4.99 Å². The summed E-state index contributed by atoms with van der Waals surface area (Å²) in [4.78, 5) is 19.6. The van der Waals surface area contributed by atoms with Crippen LogP contribution in [0, 0.1) is 0 Å². The molecule has 1 unspecified atom stereocenters. The van der Waals surface area contributed by atoms with Crippen LogP contribution in [-0.2, 0) is 0 Å². The molecular weight excluding hydrogens is 507 g/mol. The molecule has 3 aromatic carbocycles. The molecule has 4 aromatic rings. The smallest absolute Gasteiger partial charge is 0.271 e. The largest absolute Gasteiger partial charge is 0.272 e. The first-order valence-corrected chi connectivity index (χ1v) is 13.5. The zero-order valence-corrected chi connectivity index (χ0v) is 21.7. The number of fused-ring (bicyclic) bond motifs is 1. The summed E-state index contributed by atoms with van der Waals surface area (Å²) in [6, 6.07) is 25.8. The standard InChI is InChI=1S/C30H22Cl2N2OS/c31-23-15-14-21(25(32)18-23)17-26-29(35)34-28(20-10-5-2-6-11-20)24-13-7-12-22(27(24)33-30(34)36-26)16-19-8-3-1-4-9-19/h1-6,8-11,14-18,28H,7,12-13H2/b22-16+,26-17+. The van der Waals surface area contributed by atoms with Gasteiger partial charge >= 0.3 is 0 Å². The molecule has 1 aliphatic heterocycles. The van der Waals surface area contributed by atoms with E-state index in [9.17, 15) is 4.79 Å². The molecule has 6 heteroatoms. The van der Waals surface area contributed by atoms with Gasteiger partial charge in [-0.2, -0.15) is 0 Å². The Balaban J connectivity index is 1.59. The summed E-state index contributed by atoms with van der Waals surface area (Å²) >= 11 is 13.9. The number of thiazole rings is 1. The summed E-state index contributed by atoms with van der Waals surface area (Å²) in [5.41, 5.74) is 6.42. The summed E-state index contributed by atoms with van der Waals surface area (Å²) in [5, 5.41) is 1.08. The van der Waals surface area contributed by atoms with E-state index in [0.29, 0.717) is 19.4 Å².